The topological polar surface area (TPSA) is 111 Å². The number of para-hydroxylation sites is 1. The van der Waals surface area contributed by atoms with E-state index in [2.05, 4.69) is 10.2 Å². The van der Waals surface area contributed by atoms with Crippen molar-refractivity contribution in [2.45, 2.75) is 6.92 Å². The summed E-state index contributed by atoms with van der Waals surface area (Å²) in [5.74, 6) is 0.0861. The maximum Gasteiger partial charge on any atom is 0.418 e. The van der Waals surface area contributed by atoms with Crippen LogP contribution in [-0.4, -0.2) is 30.9 Å². The Kier molecular flexibility index (Phi) is 2.76. The number of carbonyl (C=O) groups is 1. The first-order chi connectivity index (χ1) is 8.52. The molecule has 8 nitrogen and oxygen atoms in total. The molecule has 1 aromatic heterocycles. The van der Waals surface area contributed by atoms with Crippen LogP contribution in [0.4, 0.5) is 10.5 Å². The van der Waals surface area contributed by atoms with E-state index in [0.717, 1.165) is 4.57 Å². The van der Waals surface area contributed by atoms with E-state index in [0.29, 0.717) is 0 Å². The minimum absolute atomic E-state index is 0.0627. The monoisotopic (exact) mass is 248 g/mol. The Morgan fingerprint density at radius 2 is 2.06 bits per heavy atom. The lowest BCUT2D eigenvalue weighted by atomic mass is 10.1. The van der Waals surface area contributed by atoms with Gasteiger partial charge in [0.15, 0.2) is 5.82 Å². The minimum atomic E-state index is -1.29. The van der Waals surface area contributed by atoms with E-state index in [1.54, 1.807) is 6.07 Å². The van der Waals surface area contributed by atoms with Crippen molar-refractivity contribution in [3.05, 3.63) is 40.2 Å². The van der Waals surface area contributed by atoms with E-state index in [4.69, 9.17) is 5.11 Å². The van der Waals surface area contributed by atoms with Gasteiger partial charge >= 0.3 is 6.09 Å². The van der Waals surface area contributed by atoms with Crippen LogP contribution in [-0.2, 0) is 0 Å². The predicted octanol–water partition coefficient (Wildman–Crippen LogP) is 1.69. The lowest BCUT2D eigenvalue weighted by Gasteiger charge is -2.03. The van der Waals surface area contributed by atoms with Crippen LogP contribution in [0.15, 0.2) is 24.3 Å². The summed E-state index contributed by atoms with van der Waals surface area (Å²) in [6, 6.07) is 5.78. The number of aryl methyl sites for hydroxylation is 1. The maximum absolute atomic E-state index is 11.1. The van der Waals surface area contributed by atoms with Gasteiger partial charge in [-0.05, 0) is 13.0 Å². The molecule has 0 saturated carbocycles. The number of aromatic nitrogens is 3. The highest BCUT2D eigenvalue weighted by atomic mass is 16.6. The molecule has 0 aliphatic heterocycles. The number of nitro groups is 1. The second kappa shape index (κ2) is 4.24. The summed E-state index contributed by atoms with van der Waals surface area (Å²) in [5.41, 5.74) is -0.0992. The molecule has 0 fully saturated rings. The van der Waals surface area contributed by atoms with Crippen LogP contribution in [0, 0.1) is 17.0 Å². The lowest BCUT2D eigenvalue weighted by molar-refractivity contribution is -0.384. The quantitative estimate of drug-likeness (QED) is 0.639. The summed E-state index contributed by atoms with van der Waals surface area (Å²) < 4.78 is 0.808. The normalized spacial score (nSPS) is 10.3. The molecule has 18 heavy (non-hydrogen) atoms. The van der Waals surface area contributed by atoms with Gasteiger partial charge in [-0.1, -0.05) is 12.1 Å². The molecule has 2 rings (SSSR count). The highest BCUT2D eigenvalue weighted by Crippen LogP contribution is 2.28. The Labute approximate surface area is 101 Å². The average Bonchev–Trinajstić information content (AvgIpc) is 2.71. The third kappa shape index (κ3) is 1.79. The summed E-state index contributed by atoms with van der Waals surface area (Å²) in [6.45, 7) is 1.46. The van der Waals surface area contributed by atoms with Crippen LogP contribution in [0.5, 0.6) is 0 Å². The summed E-state index contributed by atoms with van der Waals surface area (Å²) in [4.78, 5) is 21.4. The molecule has 1 heterocycles. The molecule has 0 aliphatic rings. The van der Waals surface area contributed by atoms with Crippen molar-refractivity contribution < 1.29 is 14.8 Å². The second-order valence-electron chi connectivity index (χ2n) is 3.46. The zero-order chi connectivity index (χ0) is 13.3. The third-order valence-corrected chi connectivity index (χ3v) is 2.36. The fourth-order valence-electron chi connectivity index (χ4n) is 1.59. The van der Waals surface area contributed by atoms with Gasteiger partial charge in [-0.3, -0.25) is 10.1 Å². The van der Waals surface area contributed by atoms with Crippen molar-refractivity contribution >= 4 is 11.8 Å². The van der Waals surface area contributed by atoms with Crippen molar-refractivity contribution in [2.24, 2.45) is 0 Å². The van der Waals surface area contributed by atoms with Crippen molar-refractivity contribution in [1.29, 1.82) is 0 Å². The Morgan fingerprint density at radius 3 is 2.67 bits per heavy atom. The largest absolute Gasteiger partial charge is 0.464 e. The number of rotatable bonds is 2. The number of benzene rings is 1. The highest BCUT2D eigenvalue weighted by molar-refractivity contribution is 5.78. The standard InChI is InChI=1S/C10H8N4O4/c1-6-11-12-9(13(6)10(15)16)7-4-2-3-5-8(7)14(17)18/h2-5H,1H3,(H,15,16). The summed E-state index contributed by atoms with van der Waals surface area (Å²) in [6.07, 6.45) is -1.29. The van der Waals surface area contributed by atoms with Crippen LogP contribution < -0.4 is 0 Å². The Morgan fingerprint density at radius 1 is 1.39 bits per heavy atom. The van der Waals surface area contributed by atoms with Crippen LogP contribution in [0.3, 0.4) is 0 Å². The smallest absolute Gasteiger partial charge is 0.418 e. The van der Waals surface area contributed by atoms with Crippen LogP contribution in [0.25, 0.3) is 11.4 Å². The van der Waals surface area contributed by atoms with Crippen LogP contribution in [0.2, 0.25) is 0 Å². The fourth-order valence-corrected chi connectivity index (χ4v) is 1.59. The van der Waals surface area contributed by atoms with Gasteiger partial charge in [0.25, 0.3) is 5.69 Å². The Balaban J connectivity index is 2.70. The highest BCUT2D eigenvalue weighted by Gasteiger charge is 2.23. The van der Waals surface area contributed by atoms with Gasteiger partial charge in [0.05, 0.1) is 10.5 Å². The average molecular weight is 248 g/mol. The number of carboxylic acid groups (broad SMARTS) is 1. The molecule has 1 N–H and O–H groups in total. The van der Waals surface area contributed by atoms with Crippen LogP contribution >= 0.6 is 0 Å². The fraction of sp³-hybridized carbons (Fsp3) is 0.100. The molecule has 0 atom stereocenters. The summed E-state index contributed by atoms with van der Waals surface area (Å²) >= 11 is 0. The zero-order valence-corrected chi connectivity index (χ0v) is 9.27. The molecule has 2 aromatic rings. The second-order valence-corrected chi connectivity index (χ2v) is 3.46. The minimum Gasteiger partial charge on any atom is -0.464 e. The number of nitro benzene ring substituents is 1. The number of hydrogen-bond acceptors (Lipinski definition) is 5. The first kappa shape index (κ1) is 11.7. The third-order valence-electron chi connectivity index (χ3n) is 2.36. The molecule has 0 bridgehead atoms. The molecule has 0 spiro atoms. The van der Waals surface area contributed by atoms with E-state index < -0.39 is 11.0 Å². The van der Waals surface area contributed by atoms with E-state index in [-0.39, 0.29) is 22.9 Å². The molecule has 0 saturated heterocycles. The maximum atomic E-state index is 11.1. The number of hydrogen-bond donors (Lipinski definition) is 1. The predicted molar refractivity (Wildman–Crippen MR) is 60.3 cm³/mol. The molecular formula is C10H8N4O4. The first-order valence-electron chi connectivity index (χ1n) is 4.91. The van der Waals surface area contributed by atoms with Crippen LogP contribution in [0.1, 0.15) is 5.82 Å². The molecular weight excluding hydrogens is 240 g/mol. The molecule has 92 valence electrons. The molecule has 0 aliphatic carbocycles. The van der Waals surface area contributed by atoms with Crippen molar-refractivity contribution in [1.82, 2.24) is 14.8 Å². The molecule has 0 amide bonds. The van der Waals surface area contributed by atoms with Gasteiger partial charge in [0.2, 0.25) is 0 Å². The van der Waals surface area contributed by atoms with Gasteiger partial charge in [0, 0.05) is 6.07 Å². The lowest BCUT2D eigenvalue weighted by Crippen LogP contribution is -2.12. The van der Waals surface area contributed by atoms with Crippen molar-refractivity contribution in [2.75, 3.05) is 0 Å². The zero-order valence-electron chi connectivity index (χ0n) is 9.27. The van der Waals surface area contributed by atoms with Gasteiger partial charge in [0.1, 0.15) is 5.82 Å². The Bertz CT molecular complexity index is 635. The van der Waals surface area contributed by atoms with Gasteiger partial charge in [-0.25, -0.2) is 9.36 Å². The molecule has 0 radical (unpaired) electrons. The van der Waals surface area contributed by atoms with E-state index in [1.165, 1.54) is 25.1 Å². The van der Waals surface area contributed by atoms with Crippen molar-refractivity contribution in [3.63, 3.8) is 0 Å². The SMILES string of the molecule is Cc1nnc(-c2ccccc2[N+](=O)[O-])n1C(=O)O. The molecule has 0 unspecified atom stereocenters. The Hall–Kier alpha value is -2.77. The summed E-state index contributed by atoms with van der Waals surface area (Å²) in [5, 5.41) is 27.2. The van der Waals surface area contributed by atoms with E-state index in [1.807, 2.05) is 0 Å². The molecule has 1 aromatic carbocycles. The van der Waals surface area contributed by atoms with E-state index in [9.17, 15) is 14.9 Å². The number of nitrogens with zero attached hydrogens (tertiary/aromatic N) is 4. The first-order valence-corrected chi connectivity index (χ1v) is 4.91. The van der Waals surface area contributed by atoms with Gasteiger partial charge in [-0.2, -0.15) is 0 Å². The van der Waals surface area contributed by atoms with Crippen molar-refractivity contribution in [3.8, 4) is 11.4 Å². The van der Waals surface area contributed by atoms with Gasteiger partial charge in [-0.15, -0.1) is 10.2 Å². The molecule has 8 heteroatoms. The van der Waals surface area contributed by atoms with Gasteiger partial charge < -0.3 is 5.11 Å². The van der Waals surface area contributed by atoms with E-state index >= 15 is 0 Å². The summed E-state index contributed by atoms with van der Waals surface area (Å²) in [7, 11) is 0.